The molecule has 1 fully saturated rings. The Morgan fingerprint density at radius 1 is 1.37 bits per heavy atom. The van der Waals surface area contributed by atoms with E-state index in [2.05, 4.69) is 16.1 Å². The van der Waals surface area contributed by atoms with E-state index >= 15 is 0 Å². The zero-order chi connectivity index (χ0) is 22.0. The van der Waals surface area contributed by atoms with Crippen LogP contribution in [0.1, 0.15) is 17.9 Å². The second-order valence-corrected chi connectivity index (χ2v) is 7.67. The van der Waals surface area contributed by atoms with Gasteiger partial charge in [-0.3, -0.25) is 19.3 Å². The Balaban J connectivity index is 2.21. The zero-order valence-electron chi connectivity index (χ0n) is 16.6. The molecule has 156 valence electrons. The average molecular weight is 428 g/mol. The second kappa shape index (κ2) is 8.51. The fourth-order valence-electron chi connectivity index (χ4n) is 3.43. The van der Waals surface area contributed by atoms with Crippen LogP contribution >= 0.6 is 11.8 Å². The molecule has 0 radical (unpaired) electrons. The van der Waals surface area contributed by atoms with Crippen LogP contribution in [0.5, 0.6) is 5.75 Å². The Morgan fingerprint density at radius 3 is 2.70 bits per heavy atom. The van der Waals surface area contributed by atoms with Crippen molar-refractivity contribution in [3.63, 3.8) is 0 Å². The third kappa shape index (κ3) is 3.48. The summed E-state index contributed by atoms with van der Waals surface area (Å²) in [6.45, 7) is 0. The molecular weight excluding hydrogens is 408 g/mol. The van der Waals surface area contributed by atoms with Crippen molar-refractivity contribution in [1.82, 2.24) is 10.2 Å². The lowest BCUT2D eigenvalue weighted by molar-refractivity contribution is -0.142. The molecule has 2 heterocycles. The van der Waals surface area contributed by atoms with Gasteiger partial charge in [-0.1, -0.05) is 23.9 Å². The maximum absolute atomic E-state index is 13.0. The molecule has 0 saturated carbocycles. The van der Waals surface area contributed by atoms with Gasteiger partial charge in [0.2, 0.25) is 5.91 Å². The average Bonchev–Trinajstić information content (AvgIpc) is 3.08. The van der Waals surface area contributed by atoms with E-state index in [0.717, 1.165) is 16.7 Å². The van der Waals surface area contributed by atoms with Gasteiger partial charge < -0.3 is 20.5 Å². The number of amides is 2. The summed E-state index contributed by atoms with van der Waals surface area (Å²) in [7, 11) is 4.21. The molecule has 2 aliphatic heterocycles. The van der Waals surface area contributed by atoms with Crippen LogP contribution in [0.3, 0.4) is 0 Å². The third-order valence-corrected chi connectivity index (χ3v) is 6.15. The molecule has 30 heavy (non-hydrogen) atoms. The number of fused-ring (bicyclic) bond motifs is 1. The molecule has 9 nitrogen and oxygen atoms in total. The maximum atomic E-state index is 13.0. The van der Waals surface area contributed by atoms with Crippen molar-refractivity contribution in [3.05, 3.63) is 51.8 Å². The Bertz CT molecular complexity index is 1030. The number of carbonyl (C=O) groups excluding carboxylic acids is 3. The van der Waals surface area contributed by atoms with Crippen molar-refractivity contribution in [2.75, 3.05) is 21.3 Å². The number of rotatable bonds is 5. The molecule has 3 rings (SSSR count). The second-order valence-electron chi connectivity index (χ2n) is 6.48. The molecule has 0 aromatic heterocycles. The van der Waals surface area contributed by atoms with Crippen LogP contribution < -0.4 is 15.8 Å². The Labute approximate surface area is 177 Å². The number of nitrogens with two attached hydrogens (primary N) is 1. The number of carbonyl (C=O) groups is 3. The number of ether oxygens (including phenoxy) is 2. The van der Waals surface area contributed by atoms with Crippen LogP contribution in [0.4, 0.5) is 0 Å². The lowest BCUT2D eigenvalue weighted by atomic mass is 9.82. The van der Waals surface area contributed by atoms with Gasteiger partial charge in [-0.05, 0) is 17.7 Å². The van der Waals surface area contributed by atoms with Crippen molar-refractivity contribution in [2.45, 2.75) is 17.6 Å². The summed E-state index contributed by atoms with van der Waals surface area (Å²) in [4.78, 5) is 38.7. The highest BCUT2D eigenvalue weighted by Gasteiger charge is 2.48. The first kappa shape index (κ1) is 21.3. The Kier molecular flexibility index (Phi) is 6.03. The lowest BCUT2D eigenvalue weighted by Gasteiger charge is -2.32. The van der Waals surface area contributed by atoms with E-state index in [1.165, 1.54) is 21.3 Å². The third-order valence-electron chi connectivity index (χ3n) is 4.88. The lowest BCUT2D eigenvalue weighted by Crippen LogP contribution is -2.39. The minimum absolute atomic E-state index is 0.0576. The molecule has 0 bridgehead atoms. The van der Waals surface area contributed by atoms with Crippen LogP contribution in [0.25, 0.3) is 0 Å². The Morgan fingerprint density at radius 2 is 2.10 bits per heavy atom. The first-order valence-electron chi connectivity index (χ1n) is 8.95. The largest absolute Gasteiger partial charge is 0.497 e. The molecule has 2 aliphatic rings. The fraction of sp³-hybridized carbons (Fsp3) is 0.300. The summed E-state index contributed by atoms with van der Waals surface area (Å²) in [5.74, 6) is -1.80. The van der Waals surface area contributed by atoms with Gasteiger partial charge in [-0.15, -0.1) is 0 Å². The molecule has 2 atom stereocenters. The van der Waals surface area contributed by atoms with E-state index in [1.807, 2.05) is 0 Å². The minimum Gasteiger partial charge on any atom is -0.497 e. The molecule has 2 amide bonds. The number of nitrogens with zero attached hydrogens (tertiary/aromatic N) is 2. The van der Waals surface area contributed by atoms with Gasteiger partial charge in [0, 0.05) is 7.05 Å². The summed E-state index contributed by atoms with van der Waals surface area (Å²) < 4.78 is 9.94. The highest BCUT2D eigenvalue weighted by atomic mass is 32.2. The van der Waals surface area contributed by atoms with Crippen LogP contribution in [0.2, 0.25) is 0 Å². The predicted molar refractivity (Wildman–Crippen MR) is 109 cm³/mol. The van der Waals surface area contributed by atoms with Gasteiger partial charge in [0.25, 0.3) is 5.91 Å². The van der Waals surface area contributed by atoms with Gasteiger partial charge >= 0.3 is 5.97 Å². The smallest absolute Gasteiger partial charge is 0.307 e. The number of thioether (sulfide) groups is 1. The van der Waals surface area contributed by atoms with Gasteiger partial charge in [0.1, 0.15) is 16.8 Å². The zero-order valence-corrected chi connectivity index (χ0v) is 17.4. The van der Waals surface area contributed by atoms with Crippen LogP contribution in [-0.2, 0) is 19.1 Å². The molecule has 1 aromatic rings. The van der Waals surface area contributed by atoms with E-state index in [0.29, 0.717) is 16.3 Å². The number of nitrogens with one attached hydrogen (secondary N) is 1. The summed E-state index contributed by atoms with van der Waals surface area (Å²) >= 11 is 1.06. The number of nitriles is 1. The van der Waals surface area contributed by atoms with Crippen molar-refractivity contribution in [1.29, 1.82) is 5.26 Å². The van der Waals surface area contributed by atoms with E-state index in [9.17, 15) is 19.6 Å². The van der Waals surface area contributed by atoms with Crippen molar-refractivity contribution in [2.24, 2.45) is 5.73 Å². The van der Waals surface area contributed by atoms with Gasteiger partial charge in [0.05, 0.1) is 48.8 Å². The number of benzene rings is 1. The van der Waals surface area contributed by atoms with Gasteiger partial charge in [-0.2, -0.15) is 5.26 Å². The van der Waals surface area contributed by atoms with E-state index in [4.69, 9.17) is 10.5 Å². The SMILES string of the molecule is CNC(=O)C1=C2S[C@H](CC(=O)OC)C(=O)N2C(N)=C(C#N)[C@H]1c1cccc(OC)c1. The highest BCUT2D eigenvalue weighted by molar-refractivity contribution is 8.04. The summed E-state index contributed by atoms with van der Waals surface area (Å²) in [5.41, 5.74) is 7.12. The van der Waals surface area contributed by atoms with E-state index in [1.54, 1.807) is 24.3 Å². The molecule has 0 spiro atoms. The number of likely N-dealkylation sites (N-methyl/N-ethyl adjacent to an activating group) is 1. The first-order chi connectivity index (χ1) is 14.4. The summed E-state index contributed by atoms with van der Waals surface area (Å²) in [6, 6.07) is 9.00. The molecule has 0 unspecified atom stereocenters. The first-order valence-corrected chi connectivity index (χ1v) is 9.83. The van der Waals surface area contributed by atoms with E-state index < -0.39 is 29.0 Å². The van der Waals surface area contributed by atoms with Crippen LogP contribution in [0, 0.1) is 11.3 Å². The maximum Gasteiger partial charge on any atom is 0.307 e. The number of hydrogen-bond donors (Lipinski definition) is 2. The minimum atomic E-state index is -0.811. The normalized spacial score (nSPS) is 20.6. The molecular formula is C20H20N4O5S. The molecule has 1 saturated heterocycles. The number of allylic oxidation sites excluding steroid dienone is 1. The number of esters is 1. The van der Waals surface area contributed by atoms with Gasteiger partial charge in [0.15, 0.2) is 0 Å². The van der Waals surface area contributed by atoms with Crippen molar-refractivity contribution < 1.29 is 23.9 Å². The van der Waals surface area contributed by atoms with Crippen LogP contribution in [-0.4, -0.2) is 49.2 Å². The quantitative estimate of drug-likeness (QED) is 0.662. The topological polar surface area (TPSA) is 135 Å². The predicted octanol–water partition coefficient (Wildman–Crippen LogP) is 0.951. The summed E-state index contributed by atoms with van der Waals surface area (Å²) in [5, 5.41) is 11.9. The Hall–Kier alpha value is -3.45. The number of methoxy groups -OCH3 is 2. The molecule has 3 N–H and O–H groups in total. The molecule has 1 aromatic carbocycles. The summed E-state index contributed by atoms with van der Waals surface area (Å²) in [6.07, 6.45) is -0.181. The van der Waals surface area contributed by atoms with E-state index in [-0.39, 0.29) is 23.4 Å². The van der Waals surface area contributed by atoms with Crippen molar-refractivity contribution in [3.8, 4) is 11.8 Å². The molecule has 10 heteroatoms. The van der Waals surface area contributed by atoms with Crippen LogP contribution in [0.15, 0.2) is 46.3 Å². The highest BCUT2D eigenvalue weighted by Crippen LogP contribution is 2.50. The number of hydrogen-bond acceptors (Lipinski definition) is 8. The standard InChI is InChI=1S/C20H20N4O5S/c1-23-18(26)16-15(10-5-4-6-11(7-10)28-2)12(9-21)17(22)24-19(27)13(30-20(16)24)8-14(25)29-3/h4-7,13,15H,8,22H2,1-3H3,(H,23,26)/t13-,15-/m1/s1. The van der Waals surface area contributed by atoms with Gasteiger partial charge in [-0.25, -0.2) is 0 Å². The monoisotopic (exact) mass is 428 g/mol. The van der Waals surface area contributed by atoms with Crippen molar-refractivity contribution >= 4 is 29.5 Å². The fourth-order valence-corrected chi connectivity index (χ4v) is 4.76. The molecule has 0 aliphatic carbocycles.